The minimum atomic E-state index is -0.910. The fraction of sp³-hybridized carbons (Fsp3) is 0.167. The van der Waals surface area contributed by atoms with Crippen molar-refractivity contribution in [3.63, 3.8) is 0 Å². The van der Waals surface area contributed by atoms with Gasteiger partial charge in [0.25, 0.3) is 0 Å². The van der Waals surface area contributed by atoms with Gasteiger partial charge in [0.15, 0.2) is 11.5 Å². The van der Waals surface area contributed by atoms with E-state index in [-0.39, 0.29) is 0 Å². The van der Waals surface area contributed by atoms with Crippen LogP contribution in [-0.2, 0) is 9.59 Å². The molecule has 136 valence electrons. The van der Waals surface area contributed by atoms with Crippen molar-refractivity contribution in [3.05, 3.63) is 48.0 Å². The Balaban J connectivity index is 1.97. The van der Waals surface area contributed by atoms with Crippen LogP contribution in [0.25, 0.3) is 0 Å². The average Bonchev–Trinajstić information content (AvgIpc) is 2.68. The molecule has 2 rings (SSSR count). The molecule has 0 spiro atoms. The maximum atomic E-state index is 11.9. The molecule has 2 aromatic rings. The summed E-state index contributed by atoms with van der Waals surface area (Å²) in [5.74, 6) is -0.226. The van der Waals surface area contributed by atoms with E-state index < -0.39 is 11.8 Å². The predicted octanol–water partition coefficient (Wildman–Crippen LogP) is 1.80. The van der Waals surface area contributed by atoms with Gasteiger partial charge in [-0.15, -0.1) is 0 Å². The number of hydrogen-bond acceptors (Lipinski definition) is 6. The van der Waals surface area contributed by atoms with Crippen LogP contribution in [0.3, 0.4) is 0 Å². The van der Waals surface area contributed by atoms with E-state index >= 15 is 0 Å². The average molecular weight is 357 g/mol. The van der Waals surface area contributed by atoms with Crippen LogP contribution >= 0.6 is 0 Å². The van der Waals surface area contributed by atoms with E-state index in [2.05, 4.69) is 15.8 Å². The molecule has 0 saturated heterocycles. The summed E-state index contributed by atoms with van der Waals surface area (Å²) in [6, 6.07) is 11.9. The zero-order valence-electron chi connectivity index (χ0n) is 14.6. The normalized spacial score (nSPS) is 10.3. The number of carbonyl (C=O) groups excluding carboxylic acids is 2. The highest BCUT2D eigenvalue weighted by atomic mass is 16.5. The summed E-state index contributed by atoms with van der Waals surface area (Å²) in [7, 11) is 4.52. The predicted molar refractivity (Wildman–Crippen MR) is 96.9 cm³/mol. The summed E-state index contributed by atoms with van der Waals surface area (Å²) in [6.07, 6.45) is 1.39. The van der Waals surface area contributed by atoms with Crippen molar-refractivity contribution >= 4 is 23.7 Å². The number of nitrogens with one attached hydrogen (secondary N) is 2. The highest BCUT2D eigenvalue weighted by Gasteiger charge is 2.14. The lowest BCUT2D eigenvalue weighted by atomic mass is 10.2. The van der Waals surface area contributed by atoms with Gasteiger partial charge in [0, 0.05) is 0 Å². The second-order valence-electron chi connectivity index (χ2n) is 4.97. The molecule has 0 fully saturated rings. The number of hydrogen-bond donors (Lipinski definition) is 2. The van der Waals surface area contributed by atoms with Gasteiger partial charge in [-0.25, -0.2) is 5.43 Å². The van der Waals surface area contributed by atoms with Crippen molar-refractivity contribution in [1.29, 1.82) is 0 Å². The van der Waals surface area contributed by atoms with Crippen LogP contribution in [-0.4, -0.2) is 39.4 Å². The standard InChI is InChI=1S/C18H19N3O5/c1-24-14-7-5-4-6-13(14)20-17(22)18(23)21-19-11-12-8-9-15(25-2)16(10-12)26-3/h4-11H,1-3H3,(H,20,22)(H,21,23)/b19-11+. The van der Waals surface area contributed by atoms with Gasteiger partial charge in [0.2, 0.25) is 0 Å². The second-order valence-corrected chi connectivity index (χ2v) is 4.97. The van der Waals surface area contributed by atoms with E-state index in [1.165, 1.54) is 27.5 Å². The smallest absolute Gasteiger partial charge is 0.329 e. The first kappa shape index (κ1) is 18.8. The van der Waals surface area contributed by atoms with Crippen molar-refractivity contribution in [3.8, 4) is 17.2 Å². The summed E-state index contributed by atoms with van der Waals surface area (Å²) >= 11 is 0. The summed E-state index contributed by atoms with van der Waals surface area (Å²) in [4.78, 5) is 23.8. The summed E-state index contributed by atoms with van der Waals surface area (Å²) in [5.41, 5.74) is 3.21. The van der Waals surface area contributed by atoms with Crippen molar-refractivity contribution in [2.75, 3.05) is 26.6 Å². The molecule has 0 unspecified atom stereocenters. The summed E-state index contributed by atoms with van der Waals surface area (Å²) in [5, 5.41) is 6.22. The van der Waals surface area contributed by atoms with Crippen LogP contribution in [0.4, 0.5) is 5.69 Å². The fourth-order valence-corrected chi connectivity index (χ4v) is 2.08. The minimum absolute atomic E-state index is 0.388. The molecule has 0 saturated carbocycles. The van der Waals surface area contributed by atoms with Crippen molar-refractivity contribution in [2.45, 2.75) is 0 Å². The first-order valence-corrected chi connectivity index (χ1v) is 7.58. The van der Waals surface area contributed by atoms with E-state index in [1.54, 1.807) is 42.5 Å². The van der Waals surface area contributed by atoms with Gasteiger partial charge in [-0.1, -0.05) is 12.1 Å². The molecular weight excluding hydrogens is 338 g/mol. The number of anilines is 1. The Morgan fingerprint density at radius 3 is 2.27 bits per heavy atom. The molecule has 0 heterocycles. The molecule has 0 aromatic heterocycles. The lowest BCUT2D eigenvalue weighted by Crippen LogP contribution is -2.32. The molecular formula is C18H19N3O5. The third-order valence-corrected chi connectivity index (χ3v) is 3.35. The van der Waals surface area contributed by atoms with Gasteiger partial charge in [-0.3, -0.25) is 9.59 Å². The lowest BCUT2D eigenvalue weighted by molar-refractivity contribution is -0.136. The van der Waals surface area contributed by atoms with E-state index in [0.29, 0.717) is 28.5 Å². The SMILES string of the molecule is COc1ccccc1NC(=O)C(=O)N/N=C/c1ccc(OC)c(OC)c1. The number of ether oxygens (including phenoxy) is 3. The quantitative estimate of drug-likeness (QED) is 0.467. The molecule has 0 aliphatic rings. The van der Waals surface area contributed by atoms with E-state index in [9.17, 15) is 9.59 Å². The summed E-state index contributed by atoms with van der Waals surface area (Å²) < 4.78 is 15.4. The highest BCUT2D eigenvalue weighted by molar-refractivity contribution is 6.39. The number of carbonyl (C=O) groups is 2. The van der Waals surface area contributed by atoms with Crippen LogP contribution in [0, 0.1) is 0 Å². The molecule has 0 radical (unpaired) electrons. The third-order valence-electron chi connectivity index (χ3n) is 3.35. The van der Waals surface area contributed by atoms with Crippen LogP contribution in [0.5, 0.6) is 17.2 Å². The molecule has 0 atom stereocenters. The van der Waals surface area contributed by atoms with Crippen LogP contribution in [0.2, 0.25) is 0 Å². The van der Waals surface area contributed by atoms with Gasteiger partial charge in [0.05, 0.1) is 33.2 Å². The largest absolute Gasteiger partial charge is 0.495 e. The number of amides is 2. The molecule has 26 heavy (non-hydrogen) atoms. The first-order valence-electron chi connectivity index (χ1n) is 7.58. The Labute approximate surface area is 150 Å². The van der Waals surface area contributed by atoms with Crippen LogP contribution < -0.4 is 25.0 Å². The first-order chi connectivity index (χ1) is 12.6. The highest BCUT2D eigenvalue weighted by Crippen LogP contribution is 2.26. The molecule has 0 aliphatic carbocycles. The van der Waals surface area contributed by atoms with Gasteiger partial charge >= 0.3 is 11.8 Å². The van der Waals surface area contributed by atoms with Gasteiger partial charge in [0.1, 0.15) is 5.75 Å². The molecule has 8 nitrogen and oxygen atoms in total. The molecule has 8 heteroatoms. The Morgan fingerprint density at radius 1 is 0.885 bits per heavy atom. The van der Waals surface area contributed by atoms with Gasteiger partial charge < -0.3 is 19.5 Å². The molecule has 0 bridgehead atoms. The number of methoxy groups -OCH3 is 3. The fourth-order valence-electron chi connectivity index (χ4n) is 2.08. The number of hydrazone groups is 1. The van der Waals surface area contributed by atoms with E-state index in [4.69, 9.17) is 14.2 Å². The topological polar surface area (TPSA) is 98.2 Å². The number of para-hydroxylation sites is 2. The molecule has 0 aliphatic heterocycles. The van der Waals surface area contributed by atoms with Crippen molar-refractivity contribution in [2.24, 2.45) is 5.10 Å². The summed E-state index contributed by atoms with van der Waals surface area (Å²) in [6.45, 7) is 0. The van der Waals surface area contributed by atoms with Crippen LogP contribution in [0.1, 0.15) is 5.56 Å². The van der Waals surface area contributed by atoms with Crippen molar-refractivity contribution < 1.29 is 23.8 Å². The van der Waals surface area contributed by atoms with E-state index in [1.807, 2.05) is 0 Å². The minimum Gasteiger partial charge on any atom is -0.495 e. The molecule has 2 aromatic carbocycles. The van der Waals surface area contributed by atoms with Gasteiger partial charge in [-0.05, 0) is 35.9 Å². The maximum absolute atomic E-state index is 11.9. The monoisotopic (exact) mass is 357 g/mol. The number of rotatable bonds is 6. The Morgan fingerprint density at radius 2 is 1.58 bits per heavy atom. The Hall–Kier alpha value is -3.55. The lowest BCUT2D eigenvalue weighted by Gasteiger charge is -2.08. The second kappa shape index (κ2) is 9.07. The Bertz CT molecular complexity index is 820. The Kier molecular flexibility index (Phi) is 6.55. The molecule has 2 N–H and O–H groups in total. The molecule has 2 amide bonds. The van der Waals surface area contributed by atoms with E-state index in [0.717, 1.165) is 0 Å². The number of nitrogens with zero attached hydrogens (tertiary/aromatic N) is 1. The third kappa shape index (κ3) is 4.73. The maximum Gasteiger partial charge on any atom is 0.329 e. The zero-order chi connectivity index (χ0) is 18.9. The number of benzene rings is 2. The zero-order valence-corrected chi connectivity index (χ0v) is 14.6. The van der Waals surface area contributed by atoms with Crippen LogP contribution in [0.15, 0.2) is 47.6 Å². The van der Waals surface area contributed by atoms with Gasteiger partial charge in [-0.2, -0.15) is 5.10 Å². The van der Waals surface area contributed by atoms with Crippen molar-refractivity contribution in [1.82, 2.24) is 5.43 Å².